The smallest absolute Gasteiger partial charge is 0.151 e. The Hall–Kier alpha value is -4.33. The summed E-state index contributed by atoms with van der Waals surface area (Å²) < 4.78 is 26.2. The highest BCUT2D eigenvalue weighted by molar-refractivity contribution is 6.33. The highest BCUT2D eigenvalue weighted by Gasteiger charge is 2.04. The molecule has 0 saturated heterocycles. The average molecular weight is 625 g/mol. The highest BCUT2D eigenvalue weighted by Crippen LogP contribution is 2.17. The zero-order valence-electron chi connectivity index (χ0n) is 21.3. The van der Waals surface area contributed by atoms with Crippen molar-refractivity contribution in [3.8, 4) is 0 Å². The van der Waals surface area contributed by atoms with Gasteiger partial charge in [-0.1, -0.05) is 40.9 Å². The summed E-state index contributed by atoms with van der Waals surface area (Å²) in [6.07, 6.45) is 9.61. The number of aromatic nitrogens is 2. The predicted octanol–water partition coefficient (Wildman–Crippen LogP) is 4.15. The maximum atomic E-state index is 13.1. The second kappa shape index (κ2) is 18.9. The number of nitrogens with two attached hydrogens (primary N) is 3. The number of hydrogen-bond donors (Lipinski definition) is 6. The minimum Gasteiger partial charge on any atom is -0.386 e. The van der Waals surface area contributed by atoms with Crippen LogP contribution in [0.2, 0.25) is 15.1 Å². The molecule has 0 bridgehead atoms. The maximum absolute atomic E-state index is 13.1. The van der Waals surface area contributed by atoms with Crippen LogP contribution in [0.1, 0.15) is 16.7 Å². The lowest BCUT2D eigenvalue weighted by Gasteiger charge is -1.98. The van der Waals surface area contributed by atoms with Gasteiger partial charge in [0, 0.05) is 53.9 Å². The molecule has 0 aliphatic carbocycles. The van der Waals surface area contributed by atoms with Crippen LogP contribution in [0.3, 0.4) is 0 Å². The van der Waals surface area contributed by atoms with Gasteiger partial charge in [-0.05, 0) is 18.2 Å². The van der Waals surface area contributed by atoms with E-state index in [1.54, 1.807) is 24.5 Å². The van der Waals surface area contributed by atoms with Crippen molar-refractivity contribution >= 4 is 71.0 Å². The summed E-state index contributed by atoms with van der Waals surface area (Å²) in [5.74, 6) is -1.13. The number of amidine groups is 3. The van der Waals surface area contributed by atoms with Crippen LogP contribution in [0.4, 0.5) is 8.78 Å². The Morgan fingerprint density at radius 1 is 0.683 bits per heavy atom. The van der Waals surface area contributed by atoms with Gasteiger partial charge in [-0.25, -0.2) is 8.78 Å². The fourth-order valence-corrected chi connectivity index (χ4v) is 2.96. The van der Waals surface area contributed by atoms with E-state index in [0.29, 0.717) is 5.02 Å². The molecular formula is C25H26Cl3F2N11. The van der Waals surface area contributed by atoms with E-state index in [-0.39, 0.29) is 58.3 Å². The van der Waals surface area contributed by atoms with Gasteiger partial charge in [0.2, 0.25) is 0 Å². The van der Waals surface area contributed by atoms with E-state index in [4.69, 9.17) is 68.2 Å². The Morgan fingerprint density at radius 3 is 1.68 bits per heavy atom. The first-order valence-electron chi connectivity index (χ1n) is 11.2. The van der Waals surface area contributed by atoms with Crippen LogP contribution in [0.15, 0.2) is 64.0 Å². The minimum atomic E-state index is -0.551. The fourth-order valence-electron chi connectivity index (χ4n) is 2.38. The molecule has 1 aromatic carbocycles. The molecule has 0 spiro atoms. The van der Waals surface area contributed by atoms with Crippen LogP contribution in [0.5, 0.6) is 0 Å². The molecule has 0 aliphatic heterocycles. The summed E-state index contributed by atoms with van der Waals surface area (Å²) in [5.41, 5.74) is 16.4. The molecule has 0 fully saturated rings. The summed E-state index contributed by atoms with van der Waals surface area (Å²) in [5, 5.41) is 21.7. The van der Waals surface area contributed by atoms with E-state index in [2.05, 4.69) is 24.9 Å². The van der Waals surface area contributed by atoms with Crippen LogP contribution in [-0.4, -0.2) is 65.8 Å². The van der Waals surface area contributed by atoms with Crippen molar-refractivity contribution in [2.75, 3.05) is 19.6 Å². The van der Waals surface area contributed by atoms with E-state index in [9.17, 15) is 8.78 Å². The third-order valence-corrected chi connectivity index (χ3v) is 5.10. The van der Waals surface area contributed by atoms with Crippen LogP contribution >= 0.6 is 34.8 Å². The SMILES string of the molecule is N=C(N)CN=Cc1c(F)cccc1Cl.N=C(N)CN=Cc1c(F)cncc1Cl.N=C(N)CN=Cc1ccncc1Cl. The van der Waals surface area contributed by atoms with Crippen molar-refractivity contribution in [3.63, 3.8) is 0 Å². The van der Waals surface area contributed by atoms with Gasteiger partial charge in [-0.2, -0.15) is 0 Å². The van der Waals surface area contributed by atoms with Gasteiger partial charge in [0.15, 0.2) is 5.82 Å². The van der Waals surface area contributed by atoms with Crippen LogP contribution in [-0.2, 0) is 0 Å². The fraction of sp³-hybridized carbons (Fsp3) is 0.120. The zero-order chi connectivity index (χ0) is 30.8. The molecule has 2 aromatic heterocycles. The number of halogens is 5. The van der Waals surface area contributed by atoms with Crippen molar-refractivity contribution in [3.05, 3.63) is 92.4 Å². The number of rotatable bonds is 9. The second-order valence-corrected chi connectivity index (χ2v) is 8.76. The molecule has 16 heteroatoms. The summed E-state index contributed by atoms with van der Waals surface area (Å²) >= 11 is 17.2. The van der Waals surface area contributed by atoms with Crippen LogP contribution in [0, 0.1) is 27.9 Å². The van der Waals surface area contributed by atoms with Crippen molar-refractivity contribution in [1.29, 1.82) is 16.2 Å². The lowest BCUT2D eigenvalue weighted by atomic mass is 10.2. The predicted molar refractivity (Wildman–Crippen MR) is 163 cm³/mol. The Morgan fingerprint density at radius 2 is 1.20 bits per heavy atom. The summed E-state index contributed by atoms with van der Waals surface area (Å²) in [6, 6.07) is 6.12. The summed E-state index contributed by atoms with van der Waals surface area (Å²) in [7, 11) is 0. The Bertz CT molecular complexity index is 1320. The van der Waals surface area contributed by atoms with Crippen LogP contribution in [0.25, 0.3) is 0 Å². The summed E-state index contributed by atoms with van der Waals surface area (Å²) in [4.78, 5) is 18.8. The molecular weight excluding hydrogens is 599 g/mol. The molecule has 0 atom stereocenters. The Kier molecular flexibility index (Phi) is 16.0. The van der Waals surface area contributed by atoms with Gasteiger partial charge in [0.25, 0.3) is 0 Å². The monoisotopic (exact) mass is 623 g/mol. The zero-order valence-corrected chi connectivity index (χ0v) is 23.6. The molecule has 216 valence electrons. The third kappa shape index (κ3) is 14.6. The number of hydrogen-bond acceptors (Lipinski definition) is 8. The number of nitrogens with one attached hydrogen (secondary N) is 3. The van der Waals surface area contributed by atoms with E-state index in [0.717, 1.165) is 11.8 Å². The first-order chi connectivity index (χ1) is 19.4. The van der Waals surface area contributed by atoms with E-state index >= 15 is 0 Å². The molecule has 2 heterocycles. The number of pyridine rings is 2. The van der Waals surface area contributed by atoms with E-state index in [1.165, 1.54) is 37.0 Å². The van der Waals surface area contributed by atoms with Gasteiger partial charge in [-0.15, -0.1) is 0 Å². The number of nitrogens with zero attached hydrogens (tertiary/aromatic N) is 5. The van der Waals surface area contributed by atoms with Crippen molar-refractivity contribution in [1.82, 2.24) is 9.97 Å². The summed E-state index contributed by atoms with van der Waals surface area (Å²) in [6.45, 7) is 0.265. The van der Waals surface area contributed by atoms with Gasteiger partial charge >= 0.3 is 0 Å². The maximum Gasteiger partial charge on any atom is 0.151 e. The first kappa shape index (κ1) is 34.7. The molecule has 0 radical (unpaired) electrons. The van der Waals surface area contributed by atoms with Crippen LogP contribution < -0.4 is 17.2 Å². The lowest BCUT2D eigenvalue weighted by Crippen LogP contribution is -2.13. The van der Waals surface area contributed by atoms with Crippen molar-refractivity contribution < 1.29 is 8.78 Å². The topological polar surface area (TPSA) is 212 Å². The van der Waals surface area contributed by atoms with Gasteiger partial charge in [0.05, 0.1) is 40.9 Å². The average Bonchev–Trinajstić information content (AvgIpc) is 2.89. The minimum absolute atomic E-state index is 0.0259. The molecule has 0 saturated carbocycles. The molecule has 11 nitrogen and oxygen atoms in total. The van der Waals surface area contributed by atoms with Gasteiger partial charge < -0.3 is 17.2 Å². The Balaban J connectivity index is 0.000000308. The highest BCUT2D eigenvalue weighted by atomic mass is 35.5. The van der Waals surface area contributed by atoms with Crippen molar-refractivity contribution in [2.24, 2.45) is 32.2 Å². The standard InChI is InChI=1S/C9H9ClFN3.C8H8ClFN4.C8H9ClN4/c10-7-2-1-3-8(11)6(7)4-14-5-9(12)13;9-6-2-14-3-7(10)5(6)1-13-4-8(11)12;9-7-4-12-2-1-6(7)3-13-5-8(10)11/h1-4H,5H2,(H3,12,13);1-3H,4H2,(H3,11,12);1-4H,5H2,(H3,10,11). The second-order valence-electron chi connectivity index (χ2n) is 7.53. The number of aliphatic imine (C=N–C) groups is 3. The molecule has 3 aromatic rings. The largest absolute Gasteiger partial charge is 0.386 e. The molecule has 9 N–H and O–H groups in total. The first-order valence-corrected chi connectivity index (χ1v) is 12.4. The molecule has 41 heavy (non-hydrogen) atoms. The Labute approximate surface area is 249 Å². The van der Waals surface area contributed by atoms with Crippen molar-refractivity contribution in [2.45, 2.75) is 0 Å². The molecule has 0 unspecified atom stereocenters. The number of benzene rings is 1. The van der Waals surface area contributed by atoms with Gasteiger partial charge in [-0.3, -0.25) is 41.2 Å². The molecule has 3 rings (SSSR count). The van der Waals surface area contributed by atoms with Gasteiger partial charge in [0.1, 0.15) is 23.3 Å². The van der Waals surface area contributed by atoms with E-state index in [1.807, 2.05) is 0 Å². The normalized spacial score (nSPS) is 10.7. The quantitative estimate of drug-likeness (QED) is 0.152. The van der Waals surface area contributed by atoms with E-state index < -0.39 is 11.6 Å². The molecule has 0 aliphatic rings. The third-order valence-electron chi connectivity index (χ3n) is 4.15. The lowest BCUT2D eigenvalue weighted by molar-refractivity contribution is 0.619. The molecule has 0 amide bonds.